The monoisotopic (exact) mass is 358 g/mol. The molecule has 0 saturated carbocycles. The molecular formula is C20H23FN2O3. The standard InChI is InChI=1S/C20H23FN2O3/c1-2-3-9-22-19(24)17-13-23(20(25)18-8-5-10-26-18)12-16(17)14-6-4-7-15(21)11-14/h4-8,10-11,16-17H,2-3,9,12-13H2,1H3,(H,22,24). The van der Waals surface area contributed by atoms with Gasteiger partial charge in [0.1, 0.15) is 5.82 Å². The molecule has 1 fully saturated rings. The second-order valence-electron chi connectivity index (χ2n) is 6.60. The minimum Gasteiger partial charge on any atom is -0.459 e. The first-order valence-electron chi connectivity index (χ1n) is 8.96. The summed E-state index contributed by atoms with van der Waals surface area (Å²) in [5.74, 6) is -1.10. The number of nitrogens with one attached hydrogen (secondary N) is 1. The van der Waals surface area contributed by atoms with Crippen LogP contribution in [-0.4, -0.2) is 36.3 Å². The van der Waals surface area contributed by atoms with Crippen molar-refractivity contribution in [2.24, 2.45) is 5.92 Å². The van der Waals surface area contributed by atoms with Gasteiger partial charge in [0.15, 0.2) is 5.76 Å². The topological polar surface area (TPSA) is 62.6 Å². The number of carbonyl (C=O) groups excluding carboxylic acids is 2. The highest BCUT2D eigenvalue weighted by Crippen LogP contribution is 2.34. The number of hydrogen-bond acceptors (Lipinski definition) is 3. The average Bonchev–Trinajstić information content (AvgIpc) is 3.31. The number of likely N-dealkylation sites (tertiary alicyclic amines) is 1. The quantitative estimate of drug-likeness (QED) is 0.807. The van der Waals surface area contributed by atoms with Crippen molar-refractivity contribution < 1.29 is 18.4 Å². The molecule has 1 aromatic carbocycles. The Hall–Kier alpha value is -2.63. The van der Waals surface area contributed by atoms with Gasteiger partial charge in [-0.1, -0.05) is 25.5 Å². The number of hydrogen-bond donors (Lipinski definition) is 1. The Morgan fingerprint density at radius 2 is 2.12 bits per heavy atom. The summed E-state index contributed by atoms with van der Waals surface area (Å²) >= 11 is 0. The molecule has 2 atom stereocenters. The average molecular weight is 358 g/mol. The summed E-state index contributed by atoms with van der Waals surface area (Å²) in [6, 6.07) is 9.52. The van der Waals surface area contributed by atoms with E-state index in [1.54, 1.807) is 29.2 Å². The predicted molar refractivity (Wildman–Crippen MR) is 95.2 cm³/mol. The molecule has 1 N–H and O–H groups in total. The van der Waals surface area contributed by atoms with Crippen molar-refractivity contribution in [3.63, 3.8) is 0 Å². The van der Waals surface area contributed by atoms with Crippen molar-refractivity contribution in [3.05, 3.63) is 59.8 Å². The second kappa shape index (κ2) is 8.17. The van der Waals surface area contributed by atoms with Crippen molar-refractivity contribution in [1.82, 2.24) is 10.2 Å². The summed E-state index contributed by atoms with van der Waals surface area (Å²) in [7, 11) is 0. The predicted octanol–water partition coefficient (Wildman–Crippen LogP) is 3.19. The zero-order valence-electron chi connectivity index (χ0n) is 14.8. The van der Waals surface area contributed by atoms with E-state index in [9.17, 15) is 14.0 Å². The van der Waals surface area contributed by atoms with Crippen LogP contribution in [0.1, 0.15) is 41.8 Å². The molecule has 3 rings (SSSR count). The molecule has 1 aromatic heterocycles. The number of benzene rings is 1. The molecule has 0 aliphatic carbocycles. The largest absolute Gasteiger partial charge is 0.459 e. The van der Waals surface area contributed by atoms with E-state index >= 15 is 0 Å². The Morgan fingerprint density at radius 1 is 1.27 bits per heavy atom. The molecule has 5 nitrogen and oxygen atoms in total. The fraction of sp³-hybridized carbons (Fsp3) is 0.400. The van der Waals surface area contributed by atoms with Crippen LogP contribution in [0.2, 0.25) is 0 Å². The zero-order valence-corrected chi connectivity index (χ0v) is 14.8. The van der Waals surface area contributed by atoms with Crippen LogP contribution in [-0.2, 0) is 4.79 Å². The molecule has 2 amide bonds. The minimum absolute atomic E-state index is 0.0949. The third-order valence-corrected chi connectivity index (χ3v) is 4.78. The van der Waals surface area contributed by atoms with Crippen molar-refractivity contribution >= 4 is 11.8 Å². The molecule has 6 heteroatoms. The van der Waals surface area contributed by atoms with Crippen molar-refractivity contribution in [1.29, 1.82) is 0 Å². The highest BCUT2D eigenvalue weighted by atomic mass is 19.1. The van der Waals surface area contributed by atoms with Gasteiger partial charge in [0.25, 0.3) is 5.91 Å². The van der Waals surface area contributed by atoms with E-state index in [1.807, 2.05) is 0 Å². The summed E-state index contributed by atoms with van der Waals surface area (Å²) in [5.41, 5.74) is 0.732. The van der Waals surface area contributed by atoms with E-state index in [4.69, 9.17) is 4.42 Å². The normalized spacial score (nSPS) is 19.5. The first kappa shape index (κ1) is 18.2. The fourth-order valence-electron chi connectivity index (χ4n) is 3.39. The Balaban J connectivity index is 1.81. The highest BCUT2D eigenvalue weighted by molar-refractivity contribution is 5.92. The van der Waals surface area contributed by atoms with Crippen LogP contribution in [0, 0.1) is 11.7 Å². The van der Waals surface area contributed by atoms with Gasteiger partial charge in [-0.25, -0.2) is 4.39 Å². The molecule has 138 valence electrons. The van der Waals surface area contributed by atoms with Crippen LogP contribution in [0.5, 0.6) is 0 Å². The van der Waals surface area contributed by atoms with Crippen LogP contribution in [0.25, 0.3) is 0 Å². The Bertz CT molecular complexity index is 760. The van der Waals surface area contributed by atoms with Gasteiger partial charge in [-0.2, -0.15) is 0 Å². The zero-order chi connectivity index (χ0) is 18.5. The molecule has 26 heavy (non-hydrogen) atoms. The van der Waals surface area contributed by atoms with Gasteiger partial charge in [0.05, 0.1) is 12.2 Å². The fourth-order valence-corrected chi connectivity index (χ4v) is 3.39. The van der Waals surface area contributed by atoms with Gasteiger partial charge in [0, 0.05) is 25.6 Å². The van der Waals surface area contributed by atoms with Crippen molar-refractivity contribution in [3.8, 4) is 0 Å². The Kier molecular flexibility index (Phi) is 5.71. The number of amides is 2. The highest BCUT2D eigenvalue weighted by Gasteiger charge is 2.41. The molecule has 0 bridgehead atoms. The van der Waals surface area contributed by atoms with Crippen LogP contribution < -0.4 is 5.32 Å². The third kappa shape index (κ3) is 3.95. The molecule has 2 heterocycles. The van der Waals surface area contributed by atoms with Gasteiger partial charge in [-0.15, -0.1) is 0 Å². The van der Waals surface area contributed by atoms with E-state index in [0.29, 0.717) is 19.6 Å². The summed E-state index contributed by atoms with van der Waals surface area (Å²) in [6.45, 7) is 3.31. The number of halogens is 1. The Labute approximate surface area is 152 Å². The van der Waals surface area contributed by atoms with Gasteiger partial charge < -0.3 is 14.6 Å². The van der Waals surface area contributed by atoms with Crippen molar-refractivity contribution in [2.45, 2.75) is 25.7 Å². The summed E-state index contributed by atoms with van der Waals surface area (Å²) in [5, 5.41) is 2.94. The minimum atomic E-state index is -0.410. The summed E-state index contributed by atoms with van der Waals surface area (Å²) < 4.78 is 18.9. The van der Waals surface area contributed by atoms with Crippen LogP contribution in [0.15, 0.2) is 47.1 Å². The van der Waals surface area contributed by atoms with Crippen LogP contribution in [0.3, 0.4) is 0 Å². The smallest absolute Gasteiger partial charge is 0.289 e. The first-order valence-corrected chi connectivity index (χ1v) is 8.96. The van der Waals surface area contributed by atoms with E-state index < -0.39 is 5.92 Å². The third-order valence-electron chi connectivity index (χ3n) is 4.78. The van der Waals surface area contributed by atoms with Crippen LogP contribution in [0.4, 0.5) is 4.39 Å². The van der Waals surface area contributed by atoms with Crippen molar-refractivity contribution in [2.75, 3.05) is 19.6 Å². The van der Waals surface area contributed by atoms with Gasteiger partial charge in [-0.3, -0.25) is 9.59 Å². The lowest BCUT2D eigenvalue weighted by Crippen LogP contribution is -2.36. The van der Waals surface area contributed by atoms with E-state index in [-0.39, 0.29) is 29.3 Å². The molecule has 1 aliphatic heterocycles. The molecule has 2 aromatic rings. The maximum atomic E-state index is 13.7. The van der Waals surface area contributed by atoms with E-state index in [2.05, 4.69) is 12.2 Å². The second-order valence-corrected chi connectivity index (χ2v) is 6.60. The lowest BCUT2D eigenvalue weighted by Gasteiger charge is -2.18. The lowest BCUT2D eigenvalue weighted by molar-refractivity contribution is -0.124. The Morgan fingerprint density at radius 3 is 2.81 bits per heavy atom. The van der Waals surface area contributed by atoms with Gasteiger partial charge in [0.2, 0.25) is 5.91 Å². The molecule has 0 spiro atoms. The number of nitrogens with zero attached hydrogens (tertiary/aromatic N) is 1. The maximum absolute atomic E-state index is 13.7. The first-order chi connectivity index (χ1) is 12.6. The summed E-state index contributed by atoms with van der Waals surface area (Å²) in [6.07, 6.45) is 3.34. The van der Waals surface area contributed by atoms with E-state index in [1.165, 1.54) is 18.4 Å². The SMILES string of the molecule is CCCCNC(=O)C1CN(C(=O)c2ccco2)CC1c1cccc(F)c1. The molecule has 0 radical (unpaired) electrons. The molecule has 2 unspecified atom stereocenters. The van der Waals surface area contributed by atoms with Crippen LogP contribution >= 0.6 is 0 Å². The van der Waals surface area contributed by atoms with Gasteiger partial charge in [-0.05, 0) is 36.2 Å². The molecule has 1 aliphatic rings. The number of carbonyl (C=O) groups is 2. The number of furan rings is 1. The lowest BCUT2D eigenvalue weighted by atomic mass is 9.88. The number of rotatable bonds is 6. The van der Waals surface area contributed by atoms with E-state index in [0.717, 1.165) is 18.4 Å². The summed E-state index contributed by atoms with van der Waals surface area (Å²) in [4.78, 5) is 26.9. The number of unbranched alkanes of at least 4 members (excludes halogenated alkanes) is 1. The van der Waals surface area contributed by atoms with Gasteiger partial charge >= 0.3 is 0 Å². The molecular weight excluding hydrogens is 335 g/mol. The molecule has 1 saturated heterocycles. The maximum Gasteiger partial charge on any atom is 0.289 e.